The number of rotatable bonds is 6. The van der Waals surface area contributed by atoms with E-state index >= 15 is 0 Å². The fourth-order valence-corrected chi connectivity index (χ4v) is 3.53. The third-order valence-electron chi connectivity index (χ3n) is 5.07. The highest BCUT2D eigenvalue weighted by molar-refractivity contribution is 6.00. The van der Waals surface area contributed by atoms with Crippen molar-refractivity contribution in [3.8, 4) is 11.3 Å². The largest absolute Gasteiger partial charge is 0.455 e. The minimum Gasteiger partial charge on any atom is -0.455 e. The molecule has 1 amide bonds. The number of ether oxygens (including phenoxy) is 1. The number of carbonyl (C=O) groups excluding carboxylic acids is 2. The van der Waals surface area contributed by atoms with Crippen LogP contribution in [-0.2, 0) is 27.4 Å². The molecule has 1 fully saturated rings. The van der Waals surface area contributed by atoms with Crippen LogP contribution in [0.2, 0.25) is 0 Å². The van der Waals surface area contributed by atoms with E-state index in [2.05, 4.69) is 4.98 Å². The Morgan fingerprint density at radius 2 is 1.93 bits per heavy atom. The average molecular weight is 390 g/mol. The summed E-state index contributed by atoms with van der Waals surface area (Å²) in [5.74, 6) is -0.00894. The molecule has 3 aromatic rings. The summed E-state index contributed by atoms with van der Waals surface area (Å²) in [6.45, 7) is 2.32. The maximum Gasteiger partial charge on any atom is 0.311 e. The number of oxazole rings is 1. The van der Waals surface area contributed by atoms with E-state index < -0.39 is 11.9 Å². The van der Waals surface area contributed by atoms with Crippen LogP contribution in [-0.4, -0.2) is 23.4 Å². The van der Waals surface area contributed by atoms with Crippen LogP contribution in [0.25, 0.3) is 11.3 Å². The van der Waals surface area contributed by atoms with Gasteiger partial charge in [0.15, 0.2) is 12.4 Å². The van der Waals surface area contributed by atoms with Crippen LogP contribution >= 0.6 is 0 Å². The number of aromatic nitrogens is 1. The summed E-state index contributed by atoms with van der Waals surface area (Å²) >= 11 is 0. The number of hydrogen-bond donors (Lipinski definition) is 0. The van der Waals surface area contributed by atoms with Gasteiger partial charge in [-0.05, 0) is 18.1 Å². The molecule has 1 atom stereocenters. The van der Waals surface area contributed by atoms with Gasteiger partial charge in [-0.15, -0.1) is 0 Å². The number of benzene rings is 2. The van der Waals surface area contributed by atoms with Crippen molar-refractivity contribution in [3.63, 3.8) is 0 Å². The highest BCUT2D eigenvalue weighted by atomic mass is 16.5. The fraction of sp³-hybridized carbons (Fsp3) is 0.261. The van der Waals surface area contributed by atoms with Crippen molar-refractivity contribution in [3.05, 3.63) is 72.2 Å². The van der Waals surface area contributed by atoms with Crippen molar-refractivity contribution in [1.29, 1.82) is 0 Å². The molecule has 0 unspecified atom stereocenters. The normalized spacial score (nSPS) is 16.2. The van der Waals surface area contributed by atoms with Gasteiger partial charge in [-0.1, -0.05) is 55.5 Å². The number of nitrogens with zero attached hydrogens (tertiary/aromatic N) is 2. The molecule has 0 bridgehead atoms. The van der Waals surface area contributed by atoms with Crippen LogP contribution in [0.4, 0.5) is 5.69 Å². The van der Waals surface area contributed by atoms with E-state index in [1.807, 2.05) is 61.5 Å². The predicted octanol–water partition coefficient (Wildman–Crippen LogP) is 4.00. The van der Waals surface area contributed by atoms with Gasteiger partial charge in [-0.3, -0.25) is 9.59 Å². The van der Waals surface area contributed by atoms with Crippen molar-refractivity contribution in [2.24, 2.45) is 5.92 Å². The molecule has 0 radical (unpaired) electrons. The van der Waals surface area contributed by atoms with Gasteiger partial charge in [0.1, 0.15) is 0 Å². The number of para-hydroxylation sites is 1. The monoisotopic (exact) mass is 390 g/mol. The third-order valence-corrected chi connectivity index (χ3v) is 5.07. The van der Waals surface area contributed by atoms with E-state index in [1.165, 1.54) is 0 Å². The Kier molecular flexibility index (Phi) is 5.42. The van der Waals surface area contributed by atoms with Crippen molar-refractivity contribution in [1.82, 2.24) is 4.98 Å². The van der Waals surface area contributed by atoms with Crippen molar-refractivity contribution in [2.45, 2.75) is 26.4 Å². The lowest BCUT2D eigenvalue weighted by molar-refractivity contribution is -0.150. The summed E-state index contributed by atoms with van der Waals surface area (Å²) in [6.07, 6.45) is 2.59. The Balaban J connectivity index is 1.37. The van der Waals surface area contributed by atoms with Crippen LogP contribution in [0.5, 0.6) is 0 Å². The quantitative estimate of drug-likeness (QED) is 0.595. The predicted molar refractivity (Wildman–Crippen MR) is 108 cm³/mol. The molecule has 6 nitrogen and oxygen atoms in total. The molecule has 29 heavy (non-hydrogen) atoms. The Bertz CT molecular complexity index is 1010. The number of esters is 1. The minimum absolute atomic E-state index is 0.0537. The van der Waals surface area contributed by atoms with Gasteiger partial charge in [-0.2, -0.15) is 0 Å². The first-order chi connectivity index (χ1) is 14.2. The summed E-state index contributed by atoms with van der Waals surface area (Å²) in [6, 6.07) is 17.4. The zero-order valence-corrected chi connectivity index (χ0v) is 16.2. The van der Waals surface area contributed by atoms with E-state index in [0.717, 1.165) is 23.2 Å². The summed E-state index contributed by atoms with van der Waals surface area (Å²) in [5, 5.41) is 0. The van der Waals surface area contributed by atoms with E-state index in [4.69, 9.17) is 9.15 Å². The molecule has 1 saturated heterocycles. The molecule has 148 valence electrons. The second-order valence-electron chi connectivity index (χ2n) is 6.98. The summed E-state index contributed by atoms with van der Waals surface area (Å²) in [5.41, 5.74) is 2.86. The van der Waals surface area contributed by atoms with Gasteiger partial charge >= 0.3 is 5.97 Å². The van der Waals surface area contributed by atoms with Crippen LogP contribution in [0.1, 0.15) is 24.8 Å². The number of aryl methyl sites for hydroxylation is 1. The number of hydrogen-bond acceptors (Lipinski definition) is 5. The van der Waals surface area contributed by atoms with Crippen LogP contribution in [0.15, 0.2) is 65.2 Å². The van der Waals surface area contributed by atoms with Crippen LogP contribution in [0, 0.1) is 5.92 Å². The molecule has 2 heterocycles. The van der Waals surface area contributed by atoms with Crippen molar-refractivity contribution < 1.29 is 18.7 Å². The Hall–Kier alpha value is -3.41. The second kappa shape index (κ2) is 8.31. The highest BCUT2D eigenvalue weighted by Gasteiger charge is 2.36. The third kappa shape index (κ3) is 4.06. The zero-order valence-electron chi connectivity index (χ0n) is 16.2. The molecule has 1 aliphatic heterocycles. The Morgan fingerprint density at radius 1 is 1.17 bits per heavy atom. The van der Waals surface area contributed by atoms with E-state index in [1.54, 1.807) is 11.1 Å². The van der Waals surface area contributed by atoms with Crippen molar-refractivity contribution in [2.75, 3.05) is 11.4 Å². The van der Waals surface area contributed by atoms with Gasteiger partial charge in [0.05, 0.1) is 12.1 Å². The number of amides is 1. The Morgan fingerprint density at radius 3 is 2.72 bits per heavy atom. The molecule has 1 aliphatic rings. The summed E-state index contributed by atoms with van der Waals surface area (Å²) < 4.78 is 11.0. The lowest BCUT2D eigenvalue weighted by Gasteiger charge is -2.19. The molecule has 6 heteroatoms. The standard InChI is InChI=1S/C23H22N2O4/c1-2-16-8-6-7-11-19(16)25-14-18(12-22(25)26)23(27)28-15-21-24-13-20(29-21)17-9-4-3-5-10-17/h3-11,13,18H,2,12,14-15H2,1H3/t18-/m1/s1. The molecule has 4 rings (SSSR count). The topological polar surface area (TPSA) is 72.6 Å². The molecular formula is C23H22N2O4. The molecule has 0 spiro atoms. The van der Waals surface area contributed by atoms with Crippen LogP contribution in [0.3, 0.4) is 0 Å². The number of anilines is 1. The smallest absolute Gasteiger partial charge is 0.311 e. The molecule has 0 saturated carbocycles. The molecular weight excluding hydrogens is 368 g/mol. The maximum atomic E-state index is 12.5. The van der Waals surface area contributed by atoms with Gasteiger partial charge in [0.25, 0.3) is 0 Å². The first kappa shape index (κ1) is 18.9. The average Bonchev–Trinajstić information content (AvgIpc) is 3.39. The SMILES string of the molecule is CCc1ccccc1N1C[C@H](C(=O)OCc2ncc(-c3ccccc3)o2)CC1=O. The molecule has 2 aromatic carbocycles. The van der Waals surface area contributed by atoms with E-state index in [-0.39, 0.29) is 18.9 Å². The lowest BCUT2D eigenvalue weighted by Crippen LogP contribution is -2.27. The van der Waals surface area contributed by atoms with Gasteiger partial charge in [0.2, 0.25) is 11.8 Å². The first-order valence-corrected chi connectivity index (χ1v) is 9.70. The fourth-order valence-electron chi connectivity index (χ4n) is 3.53. The molecule has 0 aliphatic carbocycles. The van der Waals surface area contributed by atoms with Crippen molar-refractivity contribution >= 4 is 17.6 Å². The summed E-state index contributed by atoms with van der Waals surface area (Å²) in [7, 11) is 0. The summed E-state index contributed by atoms with van der Waals surface area (Å²) in [4.78, 5) is 30.8. The highest BCUT2D eigenvalue weighted by Crippen LogP contribution is 2.29. The Labute approximate surface area is 169 Å². The van der Waals surface area contributed by atoms with E-state index in [9.17, 15) is 9.59 Å². The van der Waals surface area contributed by atoms with Gasteiger partial charge in [0, 0.05) is 24.2 Å². The van der Waals surface area contributed by atoms with Gasteiger partial charge < -0.3 is 14.1 Å². The first-order valence-electron chi connectivity index (χ1n) is 9.70. The van der Waals surface area contributed by atoms with Crippen LogP contribution < -0.4 is 4.90 Å². The molecule has 1 aromatic heterocycles. The second-order valence-corrected chi connectivity index (χ2v) is 6.98. The van der Waals surface area contributed by atoms with E-state index in [0.29, 0.717) is 18.2 Å². The lowest BCUT2D eigenvalue weighted by atomic mass is 10.1. The van der Waals surface area contributed by atoms with Gasteiger partial charge in [-0.25, -0.2) is 4.98 Å². The number of carbonyl (C=O) groups is 2. The molecule has 0 N–H and O–H groups in total. The zero-order chi connectivity index (χ0) is 20.2. The maximum absolute atomic E-state index is 12.5. The minimum atomic E-state index is -0.490.